The molecule has 1 fully saturated rings. The number of alkyl halides is 1. The van der Waals surface area contributed by atoms with Crippen LogP contribution in [0.2, 0.25) is 0 Å². The number of carbonyl (C=O) groups is 3. The van der Waals surface area contributed by atoms with Gasteiger partial charge in [-0.2, -0.15) is 0 Å². The van der Waals surface area contributed by atoms with Crippen LogP contribution in [0.4, 0.5) is 4.79 Å². The lowest BCUT2D eigenvalue weighted by Gasteiger charge is -2.30. The van der Waals surface area contributed by atoms with Gasteiger partial charge in [-0.25, -0.2) is 4.79 Å². The Hall–Kier alpha value is -2.15. The van der Waals surface area contributed by atoms with Gasteiger partial charge in [0.2, 0.25) is 11.8 Å². The van der Waals surface area contributed by atoms with Gasteiger partial charge in [0.1, 0.15) is 12.8 Å². The predicted octanol–water partition coefficient (Wildman–Crippen LogP) is 2.73. The molecule has 2 rings (SSSR count). The Morgan fingerprint density at radius 3 is 2.50 bits per heavy atom. The first-order valence-electron chi connectivity index (χ1n) is 7.60. The van der Waals surface area contributed by atoms with E-state index >= 15 is 0 Å². The molecular formula is C17H19BrN2O4. The fourth-order valence-electron chi connectivity index (χ4n) is 2.39. The molecular weight excluding hydrogens is 376 g/mol. The molecule has 2 atom stereocenters. The van der Waals surface area contributed by atoms with E-state index in [2.05, 4.69) is 27.8 Å². The summed E-state index contributed by atoms with van der Waals surface area (Å²) < 4.78 is 5.17. The van der Waals surface area contributed by atoms with Gasteiger partial charge in [0.15, 0.2) is 0 Å². The third-order valence-electron chi connectivity index (χ3n) is 3.58. The van der Waals surface area contributed by atoms with Crippen molar-refractivity contribution in [2.45, 2.75) is 36.9 Å². The Morgan fingerprint density at radius 1 is 1.29 bits per heavy atom. The minimum atomic E-state index is -0.811. The van der Waals surface area contributed by atoms with E-state index in [1.807, 2.05) is 30.3 Å². The van der Waals surface area contributed by atoms with Crippen LogP contribution in [0.3, 0.4) is 0 Å². The third-order valence-corrected chi connectivity index (χ3v) is 4.46. The summed E-state index contributed by atoms with van der Waals surface area (Å²) in [5.41, 5.74) is 0.846. The largest absolute Gasteiger partial charge is 0.445 e. The number of hydrogen-bond donors (Lipinski definition) is 1. The summed E-state index contributed by atoms with van der Waals surface area (Å²) in [6.07, 6.45) is 0.932. The van der Waals surface area contributed by atoms with Crippen molar-refractivity contribution in [3.63, 3.8) is 0 Å². The minimum absolute atomic E-state index is 0.107. The minimum Gasteiger partial charge on any atom is -0.445 e. The lowest BCUT2D eigenvalue weighted by atomic mass is 10.2. The second kappa shape index (κ2) is 8.63. The van der Waals surface area contributed by atoms with Gasteiger partial charge in [0.25, 0.3) is 0 Å². The van der Waals surface area contributed by atoms with Crippen LogP contribution < -0.4 is 5.32 Å². The molecule has 1 aromatic rings. The predicted molar refractivity (Wildman–Crippen MR) is 92.2 cm³/mol. The lowest BCUT2D eigenvalue weighted by molar-refractivity contribution is -0.141. The van der Waals surface area contributed by atoms with Crippen molar-refractivity contribution >= 4 is 33.8 Å². The standard InChI is InChI=1S/C17H19BrN2O4/c1-2-6-13(18)16(20-14(21)9-10-15(20)22)19-17(23)24-11-12-7-4-3-5-8-12/h2-5,7-8,13,16H,1,6,9-11H2,(H,19,23)/t13-,16+/m0/s1. The first-order chi connectivity index (χ1) is 11.5. The summed E-state index contributed by atoms with van der Waals surface area (Å²) in [6.45, 7) is 3.75. The van der Waals surface area contributed by atoms with Crippen LogP contribution in [0.1, 0.15) is 24.8 Å². The van der Waals surface area contributed by atoms with Gasteiger partial charge in [0.05, 0.1) is 4.83 Å². The number of allylic oxidation sites excluding steroid dienone is 1. The number of nitrogens with zero attached hydrogens (tertiary/aromatic N) is 1. The number of nitrogens with one attached hydrogen (secondary N) is 1. The highest BCUT2D eigenvalue weighted by molar-refractivity contribution is 9.09. The second-order valence-corrected chi connectivity index (χ2v) is 6.52. The fourth-order valence-corrected chi connectivity index (χ4v) is 3.03. The molecule has 0 radical (unpaired) electrons. The van der Waals surface area contributed by atoms with E-state index in [1.54, 1.807) is 6.08 Å². The number of amides is 3. The molecule has 128 valence electrons. The van der Waals surface area contributed by atoms with Crippen LogP contribution in [0, 0.1) is 0 Å². The summed E-state index contributed by atoms with van der Waals surface area (Å²) in [7, 11) is 0. The first kappa shape index (κ1) is 18.2. The van der Waals surface area contributed by atoms with Crippen molar-refractivity contribution < 1.29 is 19.1 Å². The Morgan fingerprint density at radius 2 is 1.92 bits per heavy atom. The maximum Gasteiger partial charge on any atom is 0.409 e. The maximum atomic E-state index is 12.1. The molecule has 0 aliphatic carbocycles. The molecule has 3 amide bonds. The van der Waals surface area contributed by atoms with Gasteiger partial charge in [-0.1, -0.05) is 52.3 Å². The summed E-state index contributed by atoms with van der Waals surface area (Å²) in [6, 6.07) is 9.24. The summed E-state index contributed by atoms with van der Waals surface area (Å²) in [4.78, 5) is 36.7. The summed E-state index contributed by atoms with van der Waals surface area (Å²) in [5.74, 6) is -0.608. The molecule has 0 unspecified atom stereocenters. The van der Waals surface area contributed by atoms with E-state index in [-0.39, 0.29) is 36.1 Å². The van der Waals surface area contributed by atoms with Gasteiger partial charge < -0.3 is 4.74 Å². The van der Waals surface area contributed by atoms with Crippen LogP contribution in [0.15, 0.2) is 43.0 Å². The van der Waals surface area contributed by atoms with E-state index in [9.17, 15) is 14.4 Å². The normalized spacial score (nSPS) is 16.6. The molecule has 1 aliphatic rings. The number of likely N-dealkylation sites (tertiary alicyclic amines) is 1. The molecule has 1 aliphatic heterocycles. The molecule has 7 heteroatoms. The molecule has 0 spiro atoms. The summed E-state index contributed by atoms with van der Waals surface area (Å²) in [5, 5.41) is 2.60. The second-order valence-electron chi connectivity index (χ2n) is 5.35. The Labute approximate surface area is 149 Å². The topological polar surface area (TPSA) is 75.7 Å². The van der Waals surface area contributed by atoms with E-state index < -0.39 is 12.3 Å². The zero-order valence-electron chi connectivity index (χ0n) is 13.1. The number of benzene rings is 1. The van der Waals surface area contributed by atoms with Crippen LogP contribution in [-0.4, -0.2) is 33.8 Å². The highest BCUT2D eigenvalue weighted by atomic mass is 79.9. The van der Waals surface area contributed by atoms with Crippen LogP contribution in [0.25, 0.3) is 0 Å². The molecule has 0 saturated carbocycles. The van der Waals surface area contributed by atoms with Gasteiger partial charge in [-0.05, 0) is 12.0 Å². The fraction of sp³-hybridized carbons (Fsp3) is 0.353. The molecule has 1 saturated heterocycles. The highest BCUT2D eigenvalue weighted by Crippen LogP contribution is 2.22. The van der Waals surface area contributed by atoms with Crippen molar-refractivity contribution in [3.8, 4) is 0 Å². The highest BCUT2D eigenvalue weighted by Gasteiger charge is 2.39. The van der Waals surface area contributed by atoms with Gasteiger partial charge in [-0.15, -0.1) is 6.58 Å². The zero-order valence-corrected chi connectivity index (χ0v) is 14.7. The molecule has 6 nitrogen and oxygen atoms in total. The number of rotatable bonds is 7. The van der Waals surface area contributed by atoms with Crippen molar-refractivity contribution in [2.75, 3.05) is 0 Å². The first-order valence-corrected chi connectivity index (χ1v) is 8.51. The van der Waals surface area contributed by atoms with Crippen LogP contribution in [-0.2, 0) is 20.9 Å². The average molecular weight is 395 g/mol. The Bertz CT molecular complexity index is 604. The summed E-state index contributed by atoms with van der Waals surface area (Å²) >= 11 is 3.41. The molecule has 1 heterocycles. The molecule has 1 N–H and O–H groups in total. The number of carbonyl (C=O) groups excluding carboxylic acids is 3. The Kier molecular flexibility index (Phi) is 6.54. The molecule has 1 aromatic carbocycles. The number of hydrogen-bond acceptors (Lipinski definition) is 4. The molecule has 0 bridgehead atoms. The van der Waals surface area contributed by atoms with Gasteiger partial charge in [-0.3, -0.25) is 19.8 Å². The van der Waals surface area contributed by atoms with Crippen molar-refractivity contribution in [3.05, 3.63) is 48.6 Å². The number of halogens is 1. The molecule has 24 heavy (non-hydrogen) atoms. The SMILES string of the molecule is C=CC[C@H](Br)[C@H](NC(=O)OCc1ccccc1)N1C(=O)CCC1=O. The van der Waals surface area contributed by atoms with Gasteiger partial charge >= 0.3 is 6.09 Å². The van der Waals surface area contributed by atoms with Gasteiger partial charge in [0, 0.05) is 12.8 Å². The number of alkyl carbamates (subject to hydrolysis) is 1. The van der Waals surface area contributed by atoms with Crippen LogP contribution >= 0.6 is 15.9 Å². The van der Waals surface area contributed by atoms with Crippen molar-refractivity contribution in [1.29, 1.82) is 0 Å². The van der Waals surface area contributed by atoms with E-state index in [0.717, 1.165) is 10.5 Å². The monoisotopic (exact) mass is 394 g/mol. The Balaban J connectivity index is 2.01. The van der Waals surface area contributed by atoms with E-state index in [0.29, 0.717) is 6.42 Å². The quantitative estimate of drug-likeness (QED) is 0.438. The molecule has 0 aromatic heterocycles. The maximum absolute atomic E-state index is 12.1. The number of imide groups is 1. The lowest BCUT2D eigenvalue weighted by Crippen LogP contribution is -2.55. The average Bonchev–Trinajstić information content (AvgIpc) is 2.90. The smallest absolute Gasteiger partial charge is 0.409 e. The van der Waals surface area contributed by atoms with Crippen molar-refractivity contribution in [2.24, 2.45) is 0 Å². The van der Waals surface area contributed by atoms with E-state index in [4.69, 9.17) is 4.74 Å². The zero-order chi connectivity index (χ0) is 17.5. The van der Waals surface area contributed by atoms with Crippen molar-refractivity contribution in [1.82, 2.24) is 10.2 Å². The number of ether oxygens (including phenoxy) is 1. The van der Waals surface area contributed by atoms with Crippen LogP contribution in [0.5, 0.6) is 0 Å². The van der Waals surface area contributed by atoms with E-state index in [1.165, 1.54) is 0 Å². The third kappa shape index (κ3) is 4.67.